The number of hydrogen-bond donors (Lipinski definition) is 1. The van der Waals surface area contributed by atoms with Crippen LogP contribution in [0.3, 0.4) is 0 Å². The van der Waals surface area contributed by atoms with Gasteiger partial charge in [-0.1, -0.05) is 42.5 Å². The third kappa shape index (κ3) is 5.05. The summed E-state index contributed by atoms with van der Waals surface area (Å²) >= 11 is 0. The van der Waals surface area contributed by atoms with Crippen molar-refractivity contribution in [2.45, 2.75) is 6.54 Å². The first-order valence-corrected chi connectivity index (χ1v) is 9.87. The minimum atomic E-state index is -0.252. The van der Waals surface area contributed by atoms with E-state index in [-0.39, 0.29) is 5.91 Å². The summed E-state index contributed by atoms with van der Waals surface area (Å²) < 4.78 is 7.16. The molecule has 0 bridgehead atoms. The molecule has 2 aromatic heterocycles. The number of benzene rings is 2. The van der Waals surface area contributed by atoms with Crippen LogP contribution in [0.2, 0.25) is 0 Å². The fourth-order valence-corrected chi connectivity index (χ4v) is 3.23. The summed E-state index contributed by atoms with van der Waals surface area (Å²) in [5.41, 5.74) is 4.25. The smallest absolute Gasteiger partial charge is 0.248 e. The number of aromatic nitrogens is 3. The molecule has 4 rings (SSSR count). The van der Waals surface area contributed by atoms with Gasteiger partial charge < -0.3 is 10.1 Å². The van der Waals surface area contributed by atoms with Gasteiger partial charge in [-0.15, -0.1) is 0 Å². The number of rotatable bonds is 7. The van der Waals surface area contributed by atoms with Gasteiger partial charge in [-0.05, 0) is 35.9 Å². The lowest BCUT2D eigenvalue weighted by Gasteiger charge is -2.07. The average Bonchev–Trinajstić information content (AvgIpc) is 3.22. The van der Waals surface area contributed by atoms with Crippen molar-refractivity contribution in [1.82, 2.24) is 14.8 Å². The van der Waals surface area contributed by atoms with Gasteiger partial charge in [0.1, 0.15) is 11.4 Å². The van der Waals surface area contributed by atoms with E-state index in [1.165, 1.54) is 6.08 Å². The largest absolute Gasteiger partial charge is 0.495 e. The standard InChI is InChI=1S/C25H22N4O2/c1-31-23-12-6-5-11-22(23)27-24(30)14-13-21-18-29(17-19-8-3-2-4-9-19)28-25(21)20-10-7-15-26-16-20/h2-16,18H,17H2,1H3,(H,27,30)/b14-13+. The Labute approximate surface area is 180 Å². The van der Waals surface area contributed by atoms with Crippen LogP contribution in [0.25, 0.3) is 17.3 Å². The van der Waals surface area contributed by atoms with Gasteiger partial charge in [0.25, 0.3) is 0 Å². The van der Waals surface area contributed by atoms with Gasteiger partial charge in [-0.3, -0.25) is 14.5 Å². The van der Waals surface area contributed by atoms with Crippen LogP contribution < -0.4 is 10.1 Å². The molecule has 0 atom stereocenters. The van der Waals surface area contributed by atoms with Gasteiger partial charge in [0.2, 0.25) is 5.91 Å². The molecule has 0 aliphatic heterocycles. The molecule has 0 aliphatic carbocycles. The van der Waals surface area contributed by atoms with Crippen molar-refractivity contribution >= 4 is 17.7 Å². The van der Waals surface area contributed by atoms with Crippen molar-refractivity contribution in [3.8, 4) is 17.0 Å². The van der Waals surface area contributed by atoms with Crippen molar-refractivity contribution in [3.63, 3.8) is 0 Å². The molecule has 0 radical (unpaired) electrons. The fraction of sp³-hybridized carbons (Fsp3) is 0.0800. The molecule has 1 amide bonds. The number of anilines is 1. The maximum absolute atomic E-state index is 12.5. The number of ether oxygens (including phenoxy) is 1. The number of carbonyl (C=O) groups excluding carboxylic acids is 1. The summed E-state index contributed by atoms with van der Waals surface area (Å²) in [6.45, 7) is 0.634. The molecule has 2 aromatic carbocycles. The Hall–Kier alpha value is -4.19. The van der Waals surface area contributed by atoms with Crippen LogP contribution in [0.4, 0.5) is 5.69 Å². The van der Waals surface area contributed by atoms with Crippen molar-refractivity contribution in [2.24, 2.45) is 0 Å². The molecule has 4 aromatic rings. The molecule has 154 valence electrons. The van der Waals surface area contributed by atoms with Gasteiger partial charge in [0, 0.05) is 35.8 Å². The lowest BCUT2D eigenvalue weighted by molar-refractivity contribution is -0.111. The second-order valence-electron chi connectivity index (χ2n) is 6.88. The van der Waals surface area contributed by atoms with Crippen LogP contribution in [0.15, 0.2) is 91.4 Å². The molecule has 6 nitrogen and oxygen atoms in total. The van der Waals surface area contributed by atoms with E-state index in [9.17, 15) is 4.79 Å². The van der Waals surface area contributed by atoms with Crippen molar-refractivity contribution in [3.05, 3.63) is 103 Å². The fourth-order valence-electron chi connectivity index (χ4n) is 3.23. The highest BCUT2D eigenvalue weighted by Gasteiger charge is 2.11. The number of methoxy groups -OCH3 is 1. The maximum Gasteiger partial charge on any atom is 0.248 e. The lowest BCUT2D eigenvalue weighted by Crippen LogP contribution is -2.08. The third-order valence-electron chi connectivity index (χ3n) is 4.69. The zero-order valence-corrected chi connectivity index (χ0v) is 17.1. The Morgan fingerprint density at radius 3 is 2.65 bits per heavy atom. The SMILES string of the molecule is COc1ccccc1NC(=O)/C=C/c1cn(Cc2ccccc2)nc1-c1cccnc1. The first-order chi connectivity index (χ1) is 15.2. The Morgan fingerprint density at radius 1 is 1.06 bits per heavy atom. The number of para-hydroxylation sites is 2. The van der Waals surface area contributed by atoms with Gasteiger partial charge in [-0.2, -0.15) is 5.10 Å². The lowest BCUT2D eigenvalue weighted by atomic mass is 10.1. The second-order valence-corrected chi connectivity index (χ2v) is 6.88. The molecule has 2 heterocycles. The Morgan fingerprint density at radius 2 is 1.87 bits per heavy atom. The van der Waals surface area contributed by atoms with Crippen molar-refractivity contribution in [1.29, 1.82) is 0 Å². The molecule has 1 N–H and O–H groups in total. The van der Waals surface area contributed by atoms with Gasteiger partial charge in [0.15, 0.2) is 0 Å². The molecule has 0 unspecified atom stereocenters. The van der Waals surface area contributed by atoms with Crippen LogP contribution in [-0.2, 0) is 11.3 Å². The minimum absolute atomic E-state index is 0.252. The zero-order valence-electron chi connectivity index (χ0n) is 17.1. The summed E-state index contributed by atoms with van der Waals surface area (Å²) in [6, 6.07) is 21.2. The van der Waals surface area contributed by atoms with Crippen LogP contribution >= 0.6 is 0 Å². The Bertz CT molecular complexity index is 1180. The number of pyridine rings is 1. The molecule has 0 fully saturated rings. The topological polar surface area (TPSA) is 69.0 Å². The number of nitrogens with zero attached hydrogens (tertiary/aromatic N) is 3. The van der Waals surface area contributed by atoms with Crippen LogP contribution in [0.1, 0.15) is 11.1 Å². The molecule has 0 saturated heterocycles. The minimum Gasteiger partial charge on any atom is -0.495 e. The van der Waals surface area contributed by atoms with E-state index in [0.717, 1.165) is 22.4 Å². The summed E-state index contributed by atoms with van der Waals surface area (Å²) in [7, 11) is 1.57. The summed E-state index contributed by atoms with van der Waals surface area (Å²) in [4.78, 5) is 16.7. The van der Waals surface area contributed by atoms with E-state index >= 15 is 0 Å². The molecule has 0 aliphatic rings. The molecule has 0 saturated carbocycles. The normalized spacial score (nSPS) is 10.9. The average molecular weight is 410 g/mol. The van der Waals surface area contributed by atoms with Crippen LogP contribution in [-0.4, -0.2) is 27.8 Å². The third-order valence-corrected chi connectivity index (χ3v) is 4.69. The van der Waals surface area contributed by atoms with Gasteiger partial charge in [0.05, 0.1) is 19.3 Å². The van der Waals surface area contributed by atoms with Gasteiger partial charge >= 0.3 is 0 Å². The summed E-state index contributed by atoms with van der Waals surface area (Å²) in [5.74, 6) is 0.355. The van der Waals surface area contributed by atoms with E-state index in [4.69, 9.17) is 9.84 Å². The highest BCUT2D eigenvalue weighted by atomic mass is 16.5. The first-order valence-electron chi connectivity index (χ1n) is 9.87. The zero-order chi connectivity index (χ0) is 21.5. The number of nitrogens with one attached hydrogen (secondary N) is 1. The van der Waals surface area contributed by atoms with Crippen molar-refractivity contribution < 1.29 is 9.53 Å². The first kappa shape index (κ1) is 20.1. The molecule has 6 heteroatoms. The van der Waals surface area contributed by atoms with Crippen molar-refractivity contribution in [2.75, 3.05) is 12.4 Å². The maximum atomic E-state index is 12.5. The Kier molecular flexibility index (Phi) is 6.18. The Balaban J connectivity index is 1.59. The number of carbonyl (C=O) groups is 1. The van der Waals surface area contributed by atoms with E-state index < -0.39 is 0 Å². The van der Waals surface area contributed by atoms with E-state index in [1.54, 1.807) is 37.7 Å². The van der Waals surface area contributed by atoms with E-state index in [0.29, 0.717) is 18.0 Å². The number of amides is 1. The monoisotopic (exact) mass is 410 g/mol. The quantitative estimate of drug-likeness (QED) is 0.450. The van der Waals surface area contributed by atoms with Gasteiger partial charge in [-0.25, -0.2) is 0 Å². The highest BCUT2D eigenvalue weighted by molar-refractivity contribution is 6.03. The molecule has 0 spiro atoms. The van der Waals surface area contributed by atoms with Crippen LogP contribution in [0.5, 0.6) is 5.75 Å². The van der Waals surface area contributed by atoms with E-state index in [1.807, 2.05) is 53.3 Å². The highest BCUT2D eigenvalue weighted by Crippen LogP contribution is 2.24. The van der Waals surface area contributed by atoms with E-state index in [2.05, 4.69) is 22.4 Å². The molecular formula is C25H22N4O2. The summed E-state index contributed by atoms with van der Waals surface area (Å²) in [6.07, 6.45) is 8.68. The molecular weight excluding hydrogens is 388 g/mol. The van der Waals surface area contributed by atoms with Crippen LogP contribution in [0, 0.1) is 0 Å². The predicted molar refractivity (Wildman–Crippen MR) is 122 cm³/mol. The predicted octanol–water partition coefficient (Wildman–Crippen LogP) is 4.65. The molecule has 31 heavy (non-hydrogen) atoms. The summed E-state index contributed by atoms with van der Waals surface area (Å²) in [5, 5.41) is 7.59. The second kappa shape index (κ2) is 9.54. The number of hydrogen-bond acceptors (Lipinski definition) is 4.